The van der Waals surface area contributed by atoms with E-state index in [1.165, 1.54) is 244 Å². The average Bonchev–Trinajstić information content (AvgIpc) is 3.35. The predicted molar refractivity (Wildman–Crippen MR) is 287 cm³/mol. The molecule has 1 aliphatic heterocycles. The highest BCUT2D eigenvalue weighted by Crippen LogP contribution is 2.24. The molecule has 1 heterocycles. The van der Waals surface area contributed by atoms with Crippen LogP contribution in [0.3, 0.4) is 0 Å². The quantitative estimate of drug-likeness (QED) is 0.0293. The first-order valence-electron chi connectivity index (χ1n) is 30.3. The Labute approximate surface area is 426 Å². The number of carbonyl (C=O) groups is 1. The Morgan fingerprint density at radius 1 is 0.449 bits per heavy atom. The van der Waals surface area contributed by atoms with E-state index >= 15 is 0 Å². The van der Waals surface area contributed by atoms with Crippen molar-refractivity contribution in [2.45, 2.75) is 358 Å². The summed E-state index contributed by atoms with van der Waals surface area (Å²) >= 11 is 0. The Morgan fingerprint density at radius 2 is 0.754 bits per heavy atom. The van der Waals surface area contributed by atoms with Crippen molar-refractivity contribution in [2.24, 2.45) is 0 Å². The third-order valence-electron chi connectivity index (χ3n) is 15.1. The molecule has 8 atom stereocenters. The van der Waals surface area contributed by atoms with Gasteiger partial charge in [-0.1, -0.05) is 290 Å². The van der Waals surface area contributed by atoms with Crippen molar-refractivity contribution in [3.8, 4) is 0 Å². The standard InChI is InChI=1S/C59H117NO9/c1-3-5-7-9-11-13-15-17-18-19-20-21-22-23-24-25-26-27-28-29-30-31-32-33-34-35-36-38-40-42-44-46-48-54(63)60-51(50-68-59-58(67)57(66)56(65)53(49-61)69-59)55(64)52(62)47-45-43-41-39-37-16-14-12-10-8-6-4-2/h51-53,55-59,61-62,64-67H,3-50H2,1-2H3,(H,60,63)/t51-,52+,53+,55-,56-,57?,58?,59+/m0/s1. The molecule has 1 rings (SSSR count). The van der Waals surface area contributed by atoms with Gasteiger partial charge >= 0.3 is 0 Å². The minimum absolute atomic E-state index is 0.250. The summed E-state index contributed by atoms with van der Waals surface area (Å²) in [6, 6.07) is -0.986. The van der Waals surface area contributed by atoms with E-state index in [1.54, 1.807) is 0 Å². The Kier molecular flexibility index (Phi) is 47.3. The van der Waals surface area contributed by atoms with E-state index in [2.05, 4.69) is 19.2 Å². The molecule has 0 aromatic carbocycles. The number of hydrogen-bond acceptors (Lipinski definition) is 9. The zero-order valence-electron chi connectivity index (χ0n) is 45.5. The summed E-state index contributed by atoms with van der Waals surface area (Å²) in [7, 11) is 0. The molecular weight excluding hydrogens is 867 g/mol. The van der Waals surface area contributed by atoms with E-state index < -0.39 is 55.6 Å². The Bertz CT molecular complexity index is 1070. The van der Waals surface area contributed by atoms with Crippen LogP contribution in [0.5, 0.6) is 0 Å². The molecule has 1 fully saturated rings. The lowest BCUT2D eigenvalue weighted by Crippen LogP contribution is -2.60. The molecule has 0 aromatic heterocycles. The minimum Gasteiger partial charge on any atom is -0.394 e. The Morgan fingerprint density at radius 3 is 1.07 bits per heavy atom. The van der Waals surface area contributed by atoms with E-state index in [4.69, 9.17) is 9.47 Å². The predicted octanol–water partition coefficient (Wildman–Crippen LogP) is 14.0. The van der Waals surface area contributed by atoms with Gasteiger partial charge in [0, 0.05) is 6.42 Å². The topological polar surface area (TPSA) is 169 Å². The molecule has 0 aromatic rings. The minimum atomic E-state index is -1.60. The Hall–Kier alpha value is -0.850. The maximum absolute atomic E-state index is 13.1. The molecule has 69 heavy (non-hydrogen) atoms. The summed E-state index contributed by atoms with van der Waals surface area (Å²) in [6.45, 7) is 3.64. The van der Waals surface area contributed by atoms with Gasteiger partial charge in [0.15, 0.2) is 6.29 Å². The highest BCUT2D eigenvalue weighted by molar-refractivity contribution is 5.76. The van der Waals surface area contributed by atoms with Gasteiger partial charge in [-0.05, 0) is 12.8 Å². The van der Waals surface area contributed by atoms with Crippen molar-refractivity contribution in [3.63, 3.8) is 0 Å². The van der Waals surface area contributed by atoms with Crippen LogP contribution in [0.25, 0.3) is 0 Å². The summed E-state index contributed by atoms with van der Waals surface area (Å²) in [4.78, 5) is 13.1. The molecule has 1 aliphatic rings. The van der Waals surface area contributed by atoms with Gasteiger partial charge in [-0.2, -0.15) is 0 Å². The molecule has 1 saturated heterocycles. The van der Waals surface area contributed by atoms with Crippen LogP contribution in [0.15, 0.2) is 0 Å². The molecule has 0 saturated carbocycles. The van der Waals surface area contributed by atoms with Crippen LogP contribution < -0.4 is 5.32 Å². The maximum atomic E-state index is 13.1. The third-order valence-corrected chi connectivity index (χ3v) is 15.1. The van der Waals surface area contributed by atoms with Crippen molar-refractivity contribution >= 4 is 5.91 Å². The molecule has 0 bridgehead atoms. The monoisotopic (exact) mass is 984 g/mol. The van der Waals surface area contributed by atoms with Gasteiger partial charge in [0.05, 0.1) is 25.4 Å². The second-order valence-electron chi connectivity index (χ2n) is 21.7. The van der Waals surface area contributed by atoms with E-state index in [-0.39, 0.29) is 18.9 Å². The van der Waals surface area contributed by atoms with Gasteiger partial charge in [-0.25, -0.2) is 0 Å². The van der Waals surface area contributed by atoms with Crippen LogP contribution in [0.2, 0.25) is 0 Å². The van der Waals surface area contributed by atoms with Crippen molar-refractivity contribution < 1.29 is 44.9 Å². The first-order chi connectivity index (χ1) is 33.8. The fourth-order valence-electron chi connectivity index (χ4n) is 10.2. The van der Waals surface area contributed by atoms with Crippen LogP contribution in [0.4, 0.5) is 0 Å². The normalized spacial score (nSPS) is 19.8. The number of aliphatic hydroxyl groups excluding tert-OH is 6. The van der Waals surface area contributed by atoms with E-state index in [1.807, 2.05) is 0 Å². The van der Waals surface area contributed by atoms with E-state index in [0.29, 0.717) is 6.42 Å². The lowest BCUT2D eigenvalue weighted by atomic mass is 9.98. The fourth-order valence-corrected chi connectivity index (χ4v) is 10.2. The molecule has 1 amide bonds. The molecule has 0 radical (unpaired) electrons. The molecule has 10 heteroatoms. The maximum Gasteiger partial charge on any atom is 0.220 e. The van der Waals surface area contributed by atoms with Crippen molar-refractivity contribution in [2.75, 3.05) is 13.2 Å². The molecule has 0 aliphatic carbocycles. The van der Waals surface area contributed by atoms with Gasteiger partial charge < -0.3 is 45.4 Å². The molecular formula is C59H117NO9. The number of hydrogen-bond donors (Lipinski definition) is 7. The number of aliphatic hydroxyl groups is 6. The highest BCUT2D eigenvalue weighted by Gasteiger charge is 2.44. The van der Waals surface area contributed by atoms with Gasteiger partial charge in [0.1, 0.15) is 30.5 Å². The van der Waals surface area contributed by atoms with Crippen molar-refractivity contribution in [1.82, 2.24) is 5.32 Å². The van der Waals surface area contributed by atoms with Gasteiger partial charge in [0.25, 0.3) is 0 Å². The number of amides is 1. The molecule has 0 spiro atoms. The molecule has 10 nitrogen and oxygen atoms in total. The number of carbonyl (C=O) groups excluding carboxylic acids is 1. The summed E-state index contributed by atoms with van der Waals surface area (Å²) in [5.41, 5.74) is 0. The van der Waals surface area contributed by atoms with Gasteiger partial charge in [0.2, 0.25) is 5.91 Å². The smallest absolute Gasteiger partial charge is 0.220 e. The number of unbranched alkanes of at least 4 members (excludes halogenated alkanes) is 42. The summed E-state index contributed by atoms with van der Waals surface area (Å²) in [5, 5.41) is 65.4. The largest absolute Gasteiger partial charge is 0.394 e. The number of nitrogens with one attached hydrogen (secondary N) is 1. The third kappa shape index (κ3) is 38.4. The lowest BCUT2D eigenvalue weighted by molar-refractivity contribution is -0.303. The zero-order valence-corrected chi connectivity index (χ0v) is 45.5. The summed E-state index contributed by atoms with van der Waals surface area (Å²) < 4.78 is 11.2. The first-order valence-corrected chi connectivity index (χ1v) is 30.3. The second kappa shape index (κ2) is 49.4. The zero-order chi connectivity index (χ0) is 50.3. The van der Waals surface area contributed by atoms with Crippen LogP contribution in [0, 0.1) is 0 Å². The Balaban J connectivity index is 2.11. The summed E-state index contributed by atoms with van der Waals surface area (Å²) in [5.74, 6) is -0.250. The van der Waals surface area contributed by atoms with Crippen LogP contribution >= 0.6 is 0 Å². The number of ether oxygens (including phenoxy) is 2. The first kappa shape index (κ1) is 66.2. The van der Waals surface area contributed by atoms with E-state index in [9.17, 15) is 35.4 Å². The van der Waals surface area contributed by atoms with E-state index in [0.717, 1.165) is 38.5 Å². The fraction of sp³-hybridized carbons (Fsp3) is 0.983. The number of rotatable bonds is 53. The average molecular weight is 985 g/mol. The van der Waals surface area contributed by atoms with Gasteiger partial charge in [-0.3, -0.25) is 4.79 Å². The molecule has 2 unspecified atom stereocenters. The van der Waals surface area contributed by atoms with Crippen molar-refractivity contribution in [3.05, 3.63) is 0 Å². The van der Waals surface area contributed by atoms with Gasteiger partial charge in [-0.15, -0.1) is 0 Å². The van der Waals surface area contributed by atoms with Crippen molar-refractivity contribution in [1.29, 1.82) is 0 Å². The van der Waals surface area contributed by atoms with Crippen LogP contribution in [-0.2, 0) is 14.3 Å². The highest BCUT2D eigenvalue weighted by atomic mass is 16.7. The lowest BCUT2D eigenvalue weighted by Gasteiger charge is -2.40. The molecule has 412 valence electrons. The second-order valence-corrected chi connectivity index (χ2v) is 21.7. The van der Waals surface area contributed by atoms with Crippen LogP contribution in [0.1, 0.15) is 309 Å². The summed E-state index contributed by atoms with van der Waals surface area (Å²) in [6.07, 6.45) is 48.7. The molecule has 7 N–H and O–H groups in total. The van der Waals surface area contributed by atoms with Crippen LogP contribution in [-0.4, -0.2) is 98.7 Å². The SMILES string of the molecule is CCCCCCCCCCCCCCCCCCCCCCCCCCCCCCCCCCC(=O)N[C@@H](CO[C@@H]1O[C@H](CO)[C@H](O)C(O)C1O)[C@H](O)[C@H](O)CCCCCCCCCCCCCC.